The van der Waals surface area contributed by atoms with Gasteiger partial charge in [-0.05, 0) is 30.3 Å². The minimum atomic E-state index is -4.65. The first-order valence-electron chi connectivity index (χ1n) is 7.82. The fourth-order valence-electron chi connectivity index (χ4n) is 3.22. The summed E-state index contributed by atoms with van der Waals surface area (Å²) in [7, 11) is 0. The Morgan fingerprint density at radius 3 is 2.37 bits per heavy atom. The van der Waals surface area contributed by atoms with Gasteiger partial charge in [0.25, 0.3) is 11.8 Å². The molecule has 0 aromatic heterocycles. The number of nitrogens with zero attached hydrogens (tertiary/aromatic N) is 1. The Kier molecular flexibility index (Phi) is 3.49. The molecule has 0 N–H and O–H groups in total. The number of alkyl halides is 3. The van der Waals surface area contributed by atoms with E-state index in [9.17, 15) is 27.6 Å². The zero-order valence-electron chi connectivity index (χ0n) is 13.5. The minimum Gasteiger partial charge on any atom is -0.436 e. The standard InChI is InChI=1S/C19H10F3NO4/c20-19(21,22)11-4-3-5-12(10-11)23-16(25)13-6-1-2-7-14(13)18(17(23)26)9-8-15(24)27-18/h1-10H. The van der Waals surface area contributed by atoms with Gasteiger partial charge in [-0.1, -0.05) is 24.3 Å². The number of imide groups is 1. The Morgan fingerprint density at radius 1 is 0.963 bits per heavy atom. The predicted molar refractivity (Wildman–Crippen MR) is 86.6 cm³/mol. The number of hydrogen-bond donors (Lipinski definition) is 0. The highest BCUT2D eigenvalue weighted by molar-refractivity contribution is 6.28. The number of halogens is 3. The van der Waals surface area contributed by atoms with Crippen molar-refractivity contribution >= 4 is 23.5 Å². The van der Waals surface area contributed by atoms with Gasteiger partial charge in [0.2, 0.25) is 5.60 Å². The third-order valence-electron chi connectivity index (χ3n) is 4.43. The fourth-order valence-corrected chi connectivity index (χ4v) is 3.22. The number of amides is 2. The van der Waals surface area contributed by atoms with E-state index >= 15 is 0 Å². The van der Waals surface area contributed by atoms with Crippen LogP contribution in [0.15, 0.2) is 60.7 Å². The summed E-state index contributed by atoms with van der Waals surface area (Å²) in [6, 6.07) is 9.87. The number of ether oxygens (including phenoxy) is 1. The molecule has 2 aliphatic rings. The molecule has 1 spiro atoms. The monoisotopic (exact) mass is 373 g/mol. The molecule has 1 atom stereocenters. The summed E-state index contributed by atoms with van der Waals surface area (Å²) in [4.78, 5) is 38.3. The molecule has 2 aliphatic heterocycles. The van der Waals surface area contributed by atoms with Crippen LogP contribution < -0.4 is 4.90 Å². The highest BCUT2D eigenvalue weighted by Crippen LogP contribution is 2.42. The van der Waals surface area contributed by atoms with Crippen molar-refractivity contribution in [1.29, 1.82) is 0 Å². The van der Waals surface area contributed by atoms with Crippen molar-refractivity contribution in [2.75, 3.05) is 4.90 Å². The molecule has 0 saturated heterocycles. The fraction of sp³-hybridized carbons (Fsp3) is 0.105. The van der Waals surface area contributed by atoms with Gasteiger partial charge in [0, 0.05) is 17.2 Å². The molecule has 5 nitrogen and oxygen atoms in total. The van der Waals surface area contributed by atoms with Crippen LogP contribution in [0.3, 0.4) is 0 Å². The van der Waals surface area contributed by atoms with E-state index in [0.29, 0.717) is 11.0 Å². The van der Waals surface area contributed by atoms with Crippen molar-refractivity contribution in [2.24, 2.45) is 0 Å². The molecule has 27 heavy (non-hydrogen) atoms. The molecular formula is C19H10F3NO4. The first-order chi connectivity index (χ1) is 12.7. The Morgan fingerprint density at radius 2 is 1.70 bits per heavy atom. The maximum atomic E-state index is 13.1. The van der Waals surface area contributed by atoms with E-state index in [0.717, 1.165) is 18.2 Å². The SMILES string of the molecule is O=C1C=CC2(O1)C(=O)N(c1cccc(C(F)(F)F)c1)C(=O)c1ccccc12. The van der Waals surface area contributed by atoms with E-state index in [-0.39, 0.29) is 16.8 Å². The topological polar surface area (TPSA) is 63.7 Å². The van der Waals surface area contributed by atoms with Crippen LogP contribution in [0, 0.1) is 0 Å². The van der Waals surface area contributed by atoms with Crippen molar-refractivity contribution in [1.82, 2.24) is 0 Å². The number of carbonyl (C=O) groups excluding carboxylic acids is 3. The lowest BCUT2D eigenvalue weighted by Gasteiger charge is -2.37. The smallest absolute Gasteiger partial charge is 0.416 e. The summed E-state index contributed by atoms with van der Waals surface area (Å²) < 4.78 is 44.3. The average molecular weight is 373 g/mol. The lowest BCUT2D eigenvalue weighted by molar-refractivity contribution is -0.155. The number of hydrogen-bond acceptors (Lipinski definition) is 4. The molecule has 2 aromatic rings. The van der Waals surface area contributed by atoms with Crippen LogP contribution in [0.1, 0.15) is 21.5 Å². The van der Waals surface area contributed by atoms with Crippen molar-refractivity contribution in [2.45, 2.75) is 11.8 Å². The van der Waals surface area contributed by atoms with Gasteiger partial charge in [-0.25, -0.2) is 9.69 Å². The van der Waals surface area contributed by atoms with Crippen LogP contribution in [0.2, 0.25) is 0 Å². The van der Waals surface area contributed by atoms with Crippen molar-refractivity contribution in [3.63, 3.8) is 0 Å². The van der Waals surface area contributed by atoms with Crippen LogP contribution in [0.4, 0.5) is 18.9 Å². The van der Waals surface area contributed by atoms with E-state index in [1.54, 1.807) is 12.1 Å². The molecule has 8 heteroatoms. The first kappa shape index (κ1) is 17.0. The summed E-state index contributed by atoms with van der Waals surface area (Å²) in [5, 5.41) is 0. The second-order valence-electron chi connectivity index (χ2n) is 6.03. The highest BCUT2D eigenvalue weighted by atomic mass is 19.4. The Bertz CT molecular complexity index is 1030. The van der Waals surface area contributed by atoms with Crippen molar-refractivity contribution in [3.8, 4) is 0 Å². The van der Waals surface area contributed by atoms with E-state index in [4.69, 9.17) is 4.74 Å². The lowest BCUT2D eigenvalue weighted by atomic mass is 9.84. The summed E-state index contributed by atoms with van der Waals surface area (Å²) in [5.74, 6) is -2.53. The number of anilines is 1. The summed E-state index contributed by atoms with van der Waals surface area (Å²) in [6.45, 7) is 0. The van der Waals surface area contributed by atoms with Gasteiger partial charge in [-0.15, -0.1) is 0 Å². The minimum absolute atomic E-state index is 0.0638. The third kappa shape index (κ3) is 2.44. The summed E-state index contributed by atoms with van der Waals surface area (Å²) in [5.41, 5.74) is -2.91. The zero-order chi connectivity index (χ0) is 19.4. The van der Waals surface area contributed by atoms with Crippen molar-refractivity contribution in [3.05, 3.63) is 77.4 Å². The largest absolute Gasteiger partial charge is 0.436 e. The van der Waals surface area contributed by atoms with Gasteiger partial charge in [0.15, 0.2) is 0 Å². The maximum absolute atomic E-state index is 13.1. The molecule has 0 bridgehead atoms. The second kappa shape index (κ2) is 5.54. The van der Waals surface area contributed by atoms with Crippen LogP contribution in [-0.4, -0.2) is 17.8 Å². The Balaban J connectivity index is 1.91. The van der Waals surface area contributed by atoms with Crippen LogP contribution in [0.25, 0.3) is 0 Å². The van der Waals surface area contributed by atoms with Gasteiger partial charge >= 0.3 is 12.1 Å². The quantitative estimate of drug-likeness (QED) is 0.569. The van der Waals surface area contributed by atoms with Gasteiger partial charge in [0.05, 0.1) is 11.3 Å². The van der Waals surface area contributed by atoms with E-state index in [1.165, 1.54) is 24.3 Å². The van der Waals surface area contributed by atoms with E-state index < -0.39 is 35.1 Å². The molecule has 0 aliphatic carbocycles. The molecule has 2 aromatic carbocycles. The normalized spacial score (nSPS) is 21.6. The molecule has 0 fully saturated rings. The number of benzene rings is 2. The summed E-state index contributed by atoms with van der Waals surface area (Å²) in [6.07, 6.45) is -2.38. The van der Waals surface area contributed by atoms with Gasteiger partial charge < -0.3 is 4.74 Å². The van der Waals surface area contributed by atoms with E-state index in [1.807, 2.05) is 0 Å². The molecule has 2 amide bonds. The first-order valence-corrected chi connectivity index (χ1v) is 7.82. The van der Waals surface area contributed by atoms with Crippen molar-refractivity contribution < 1.29 is 32.3 Å². The Labute approximate surface area is 150 Å². The number of rotatable bonds is 1. The molecular weight excluding hydrogens is 363 g/mol. The second-order valence-corrected chi connectivity index (χ2v) is 6.03. The van der Waals surface area contributed by atoms with Crippen LogP contribution >= 0.6 is 0 Å². The molecule has 0 radical (unpaired) electrons. The highest BCUT2D eigenvalue weighted by Gasteiger charge is 2.54. The van der Waals surface area contributed by atoms with E-state index in [2.05, 4.69) is 0 Å². The number of carbonyl (C=O) groups is 3. The number of esters is 1. The number of fused-ring (bicyclic) bond motifs is 2. The molecule has 2 heterocycles. The molecule has 4 rings (SSSR count). The predicted octanol–water partition coefficient (Wildman–Crippen LogP) is 3.20. The molecule has 0 saturated carbocycles. The third-order valence-corrected chi connectivity index (χ3v) is 4.43. The van der Waals surface area contributed by atoms with Crippen LogP contribution in [-0.2, 0) is 26.1 Å². The average Bonchev–Trinajstić information content (AvgIpc) is 3.03. The lowest BCUT2D eigenvalue weighted by Crippen LogP contribution is -2.54. The Hall–Kier alpha value is -3.42. The summed E-state index contributed by atoms with van der Waals surface area (Å²) >= 11 is 0. The van der Waals surface area contributed by atoms with Gasteiger partial charge in [-0.2, -0.15) is 13.2 Å². The van der Waals surface area contributed by atoms with Gasteiger partial charge in [0.1, 0.15) is 0 Å². The van der Waals surface area contributed by atoms with Crippen LogP contribution in [0.5, 0.6) is 0 Å². The maximum Gasteiger partial charge on any atom is 0.416 e. The zero-order valence-corrected chi connectivity index (χ0v) is 13.5. The molecule has 1 unspecified atom stereocenters. The molecule has 136 valence electrons. The van der Waals surface area contributed by atoms with Gasteiger partial charge in [-0.3, -0.25) is 9.59 Å².